The molecule has 0 bridgehead atoms. The van der Waals surface area contributed by atoms with Gasteiger partial charge >= 0.3 is 5.97 Å². The highest BCUT2D eigenvalue weighted by molar-refractivity contribution is 6.05. The maximum atomic E-state index is 14.3. The molecule has 2 saturated carbocycles. The van der Waals surface area contributed by atoms with E-state index in [0.29, 0.717) is 42.1 Å². The van der Waals surface area contributed by atoms with E-state index in [2.05, 4.69) is 50.5 Å². The zero-order chi connectivity index (χ0) is 37.2. The minimum absolute atomic E-state index is 0.145. The monoisotopic (exact) mass is 728 g/mol. The van der Waals surface area contributed by atoms with Crippen LogP contribution in [-0.4, -0.2) is 56.9 Å². The van der Waals surface area contributed by atoms with E-state index < -0.39 is 11.5 Å². The molecule has 3 heterocycles. The summed E-state index contributed by atoms with van der Waals surface area (Å²) in [5.74, 6) is -0.576. The summed E-state index contributed by atoms with van der Waals surface area (Å²) in [5.41, 5.74) is 4.51. The highest BCUT2D eigenvalue weighted by atomic mass is 16.4. The first-order chi connectivity index (χ1) is 26.3. The Balaban J connectivity index is 1.13. The number of likely N-dealkylation sites (tertiary alicyclic amines) is 1. The number of hydrogen-bond acceptors (Lipinski definition) is 4. The molecular formula is C45H52N4O5. The largest absolute Gasteiger partial charge is 0.478 e. The summed E-state index contributed by atoms with van der Waals surface area (Å²) in [6, 6.07) is 13.1. The number of carboxylic acids is 1. The number of rotatable bonds is 8. The van der Waals surface area contributed by atoms with Gasteiger partial charge in [-0.3, -0.25) is 14.4 Å². The molecule has 2 aliphatic heterocycles. The Labute approximate surface area is 317 Å². The van der Waals surface area contributed by atoms with E-state index in [1.807, 2.05) is 12.1 Å². The molecule has 9 heteroatoms. The molecule has 5 aliphatic rings. The Morgan fingerprint density at radius 2 is 1.56 bits per heavy atom. The zero-order valence-corrected chi connectivity index (χ0v) is 31.1. The SMILES string of the molecule is O=C(O)/C=C/c1ccc(NC(=O)C2(NC(=O)c3ccc4c(C5CCCCC5)c5n(c4c3)CC(C(=O)N3CCCCC3)CC3C=CC=CC53)CCCC2)cc1. The molecule has 1 saturated heterocycles. The molecule has 0 spiro atoms. The minimum atomic E-state index is -1.05. The molecule has 8 rings (SSSR count). The van der Waals surface area contributed by atoms with Gasteiger partial charge < -0.3 is 25.2 Å². The van der Waals surface area contributed by atoms with Crippen molar-refractivity contribution >= 4 is 46.4 Å². The van der Waals surface area contributed by atoms with Gasteiger partial charge in [-0.05, 0) is 105 Å². The molecule has 3 atom stereocenters. The van der Waals surface area contributed by atoms with Crippen LogP contribution in [-0.2, 0) is 20.9 Å². The average Bonchev–Trinajstić information content (AvgIpc) is 3.76. The van der Waals surface area contributed by atoms with Crippen molar-refractivity contribution in [3.05, 3.63) is 95.2 Å². The molecule has 0 radical (unpaired) electrons. The molecule has 3 aromatic rings. The van der Waals surface area contributed by atoms with Crippen molar-refractivity contribution in [1.29, 1.82) is 0 Å². The predicted molar refractivity (Wildman–Crippen MR) is 211 cm³/mol. The number of amides is 3. The van der Waals surface area contributed by atoms with Crippen LogP contribution in [0.5, 0.6) is 0 Å². The molecule has 282 valence electrons. The van der Waals surface area contributed by atoms with Gasteiger partial charge in [0.05, 0.1) is 5.92 Å². The highest BCUT2D eigenvalue weighted by Crippen LogP contribution is 2.49. The van der Waals surface area contributed by atoms with Gasteiger partial charge in [0, 0.05) is 59.5 Å². The molecule has 9 nitrogen and oxygen atoms in total. The van der Waals surface area contributed by atoms with Gasteiger partial charge in [0.25, 0.3) is 5.91 Å². The standard InChI is InChI=1S/C45H52N4O5/c50-39(51)22-17-30-15-19-35(20-16-30)46-44(54)45(23-7-8-24-45)47-42(52)33-18-21-37-38(28-33)49-29-34(43(53)48-25-9-2-10-26-48)27-32-13-5-6-14-36(32)41(49)40(37)31-11-3-1-4-12-31/h5-6,13-22,28,31-32,34,36H,1-4,7-12,23-27,29H2,(H,46,54)(H,47,52)(H,50,51)/b22-17+. The van der Waals surface area contributed by atoms with E-state index >= 15 is 0 Å². The van der Waals surface area contributed by atoms with Crippen LogP contribution in [0.4, 0.5) is 5.69 Å². The Morgan fingerprint density at radius 1 is 0.833 bits per heavy atom. The lowest BCUT2D eigenvalue weighted by Gasteiger charge is -2.31. The highest BCUT2D eigenvalue weighted by Gasteiger charge is 2.43. The first-order valence-corrected chi connectivity index (χ1v) is 20.2. The number of fused-ring (bicyclic) bond motifs is 5. The third kappa shape index (κ3) is 7.17. The van der Waals surface area contributed by atoms with Crippen LogP contribution in [0.2, 0.25) is 0 Å². The fraction of sp³-hybridized carbons (Fsp3) is 0.467. The third-order valence-electron chi connectivity index (χ3n) is 12.8. The summed E-state index contributed by atoms with van der Waals surface area (Å²) in [5, 5.41) is 16.3. The van der Waals surface area contributed by atoms with Crippen LogP contribution in [0.15, 0.2) is 72.8 Å². The quantitative estimate of drug-likeness (QED) is 0.202. The van der Waals surface area contributed by atoms with Gasteiger partial charge in [0.15, 0.2) is 0 Å². The summed E-state index contributed by atoms with van der Waals surface area (Å²) < 4.78 is 2.42. The van der Waals surface area contributed by atoms with E-state index in [1.54, 1.807) is 24.3 Å². The van der Waals surface area contributed by atoms with Gasteiger partial charge in [0.1, 0.15) is 5.54 Å². The number of piperidine rings is 1. The van der Waals surface area contributed by atoms with Gasteiger partial charge in [-0.2, -0.15) is 0 Å². The van der Waals surface area contributed by atoms with Crippen LogP contribution in [0, 0.1) is 11.8 Å². The molecule has 1 aromatic heterocycles. The maximum Gasteiger partial charge on any atom is 0.328 e. The third-order valence-corrected chi connectivity index (χ3v) is 12.8. The lowest BCUT2D eigenvalue weighted by Crippen LogP contribution is -2.55. The lowest BCUT2D eigenvalue weighted by atomic mass is 9.76. The molecule has 3 aliphatic carbocycles. The maximum absolute atomic E-state index is 14.3. The Morgan fingerprint density at radius 3 is 2.30 bits per heavy atom. The summed E-state index contributed by atoms with van der Waals surface area (Å²) in [6.45, 7) is 2.27. The zero-order valence-electron chi connectivity index (χ0n) is 31.1. The summed E-state index contributed by atoms with van der Waals surface area (Å²) in [6.07, 6.45) is 24.4. The number of carbonyl (C=O) groups is 4. The first kappa shape index (κ1) is 36.1. The van der Waals surface area contributed by atoms with Crippen LogP contribution in [0.3, 0.4) is 0 Å². The Bertz CT molecular complexity index is 2000. The average molecular weight is 729 g/mol. The van der Waals surface area contributed by atoms with Crippen LogP contribution >= 0.6 is 0 Å². The normalized spacial score (nSPS) is 23.9. The summed E-state index contributed by atoms with van der Waals surface area (Å²) >= 11 is 0. The van der Waals surface area contributed by atoms with Crippen molar-refractivity contribution < 1.29 is 24.3 Å². The van der Waals surface area contributed by atoms with Crippen LogP contribution in [0.25, 0.3) is 17.0 Å². The van der Waals surface area contributed by atoms with Crippen molar-refractivity contribution in [3.63, 3.8) is 0 Å². The number of nitrogens with one attached hydrogen (secondary N) is 2. The number of hydrogen-bond donors (Lipinski definition) is 3. The fourth-order valence-corrected chi connectivity index (χ4v) is 10.0. The molecule has 3 N–H and O–H groups in total. The fourth-order valence-electron chi connectivity index (χ4n) is 10.0. The predicted octanol–water partition coefficient (Wildman–Crippen LogP) is 8.33. The molecule has 3 amide bonds. The second kappa shape index (κ2) is 15.4. The molecular weight excluding hydrogens is 677 g/mol. The van der Waals surface area contributed by atoms with Crippen LogP contribution in [0.1, 0.15) is 122 Å². The van der Waals surface area contributed by atoms with Crippen LogP contribution < -0.4 is 10.6 Å². The van der Waals surface area contributed by atoms with Gasteiger partial charge in [-0.1, -0.05) is 74.6 Å². The number of anilines is 1. The van der Waals surface area contributed by atoms with Crippen molar-refractivity contribution in [1.82, 2.24) is 14.8 Å². The smallest absolute Gasteiger partial charge is 0.328 e. The van der Waals surface area contributed by atoms with Crippen molar-refractivity contribution in [3.8, 4) is 0 Å². The summed E-state index contributed by atoms with van der Waals surface area (Å²) in [7, 11) is 0. The van der Waals surface area contributed by atoms with Crippen molar-refractivity contribution in [2.75, 3.05) is 18.4 Å². The number of carbonyl (C=O) groups excluding carboxylic acids is 3. The molecule has 3 fully saturated rings. The number of allylic oxidation sites excluding steroid dienone is 4. The first-order valence-electron chi connectivity index (χ1n) is 20.2. The molecule has 3 unspecified atom stereocenters. The van der Waals surface area contributed by atoms with Crippen molar-refractivity contribution in [2.24, 2.45) is 11.8 Å². The van der Waals surface area contributed by atoms with Crippen molar-refractivity contribution in [2.45, 2.75) is 107 Å². The number of aromatic nitrogens is 1. The number of nitrogens with zero attached hydrogens (tertiary/aromatic N) is 2. The molecule has 54 heavy (non-hydrogen) atoms. The Hall–Kier alpha value is -4.92. The van der Waals surface area contributed by atoms with Gasteiger partial charge in [-0.15, -0.1) is 0 Å². The van der Waals surface area contributed by atoms with E-state index in [1.165, 1.54) is 48.4 Å². The summed E-state index contributed by atoms with van der Waals surface area (Å²) in [4.78, 5) is 55.5. The van der Waals surface area contributed by atoms with Gasteiger partial charge in [0.2, 0.25) is 11.8 Å². The lowest BCUT2D eigenvalue weighted by molar-refractivity contribution is -0.137. The van der Waals surface area contributed by atoms with E-state index in [-0.39, 0.29) is 35.5 Å². The second-order valence-electron chi connectivity index (χ2n) is 16.2. The Kier molecular flexibility index (Phi) is 10.3. The topological polar surface area (TPSA) is 121 Å². The van der Waals surface area contributed by atoms with E-state index in [9.17, 15) is 19.2 Å². The minimum Gasteiger partial charge on any atom is -0.478 e. The second-order valence-corrected chi connectivity index (χ2v) is 16.2. The number of benzene rings is 2. The molecule has 2 aromatic carbocycles. The van der Waals surface area contributed by atoms with Gasteiger partial charge in [-0.25, -0.2) is 4.79 Å². The van der Waals surface area contributed by atoms with E-state index in [4.69, 9.17) is 5.11 Å². The van der Waals surface area contributed by atoms with E-state index in [0.717, 1.165) is 69.6 Å². The number of aliphatic carboxylic acids is 1. The number of carboxylic acid groups (broad SMARTS) is 1.